The van der Waals surface area contributed by atoms with E-state index in [-0.39, 0.29) is 5.13 Å². The third kappa shape index (κ3) is 5.22. The maximum absolute atomic E-state index is 13.7. The molecule has 5 heterocycles. The lowest BCUT2D eigenvalue weighted by Crippen LogP contribution is -2.23. The van der Waals surface area contributed by atoms with E-state index < -0.39 is 0 Å². The van der Waals surface area contributed by atoms with E-state index in [2.05, 4.69) is 56.3 Å². The van der Waals surface area contributed by atoms with Crippen LogP contribution in [0.1, 0.15) is 38.3 Å². The molecule has 3 N–H and O–H groups in total. The van der Waals surface area contributed by atoms with Crippen molar-refractivity contribution in [2.75, 3.05) is 13.1 Å². The van der Waals surface area contributed by atoms with Crippen LogP contribution in [0.4, 0.5) is 4.39 Å². The summed E-state index contributed by atoms with van der Waals surface area (Å²) < 4.78 is 13.7. The number of rotatable bonds is 9. The summed E-state index contributed by atoms with van der Waals surface area (Å²) in [5.41, 5.74) is 7.32. The molecule has 6 nitrogen and oxygen atoms in total. The standard InChI is InChI=1S/C31H31FN6S/c1-3-19(14-33-15-20-7-5-6-8-20)11-21(4-2)25-13-23-28(18-35-25)37-38-31(23)26-12-22-24(16-34-17-27(22)36-26)29-9-10-30(32)39-29/h3-4,9-13,16-18,20,33,36H,1,5-8,14-15H2,2H3,(H,37,38)/b19-11+,21-4+. The largest absolute Gasteiger partial charge is 0.352 e. The summed E-state index contributed by atoms with van der Waals surface area (Å²) in [6.07, 6.45) is 16.9. The Morgan fingerprint density at radius 3 is 2.79 bits per heavy atom. The van der Waals surface area contributed by atoms with Crippen LogP contribution in [0.5, 0.6) is 0 Å². The van der Waals surface area contributed by atoms with Gasteiger partial charge in [0.1, 0.15) is 5.69 Å². The number of hydrogen-bond acceptors (Lipinski definition) is 5. The maximum Gasteiger partial charge on any atom is 0.176 e. The smallest absolute Gasteiger partial charge is 0.176 e. The van der Waals surface area contributed by atoms with Crippen molar-refractivity contribution in [1.29, 1.82) is 0 Å². The number of fused-ring (bicyclic) bond motifs is 2. The summed E-state index contributed by atoms with van der Waals surface area (Å²) in [4.78, 5) is 13.4. The molecule has 0 amide bonds. The maximum atomic E-state index is 13.7. The summed E-state index contributed by atoms with van der Waals surface area (Å²) in [6, 6.07) is 7.41. The quantitative estimate of drug-likeness (QED) is 0.168. The van der Waals surface area contributed by atoms with Crippen LogP contribution in [0.15, 0.2) is 73.2 Å². The highest BCUT2D eigenvalue weighted by Crippen LogP contribution is 2.36. The first-order valence-corrected chi connectivity index (χ1v) is 14.2. The van der Waals surface area contributed by atoms with Gasteiger partial charge in [-0.15, -0.1) is 11.3 Å². The van der Waals surface area contributed by atoms with E-state index in [1.54, 1.807) is 18.5 Å². The van der Waals surface area contributed by atoms with Crippen LogP contribution in [0.2, 0.25) is 0 Å². The van der Waals surface area contributed by atoms with Crippen LogP contribution in [-0.2, 0) is 0 Å². The van der Waals surface area contributed by atoms with Crippen molar-refractivity contribution < 1.29 is 4.39 Å². The second kappa shape index (κ2) is 11.1. The predicted octanol–water partition coefficient (Wildman–Crippen LogP) is 7.66. The van der Waals surface area contributed by atoms with Gasteiger partial charge in [-0.25, -0.2) is 0 Å². The van der Waals surface area contributed by atoms with Crippen molar-refractivity contribution >= 4 is 38.7 Å². The highest BCUT2D eigenvalue weighted by atomic mass is 32.1. The lowest BCUT2D eigenvalue weighted by Gasteiger charge is -2.11. The molecule has 39 heavy (non-hydrogen) atoms. The minimum atomic E-state index is -0.214. The van der Waals surface area contributed by atoms with Gasteiger partial charge in [-0.05, 0) is 73.7 Å². The van der Waals surface area contributed by atoms with Gasteiger partial charge in [0.05, 0.1) is 34.8 Å². The van der Waals surface area contributed by atoms with E-state index in [9.17, 15) is 4.39 Å². The Bertz CT molecular complexity index is 1700. The fraction of sp³-hybridized carbons (Fsp3) is 0.258. The van der Waals surface area contributed by atoms with Gasteiger partial charge in [0, 0.05) is 34.0 Å². The molecule has 0 radical (unpaired) electrons. The number of nitrogens with zero attached hydrogens (tertiary/aromatic N) is 3. The minimum absolute atomic E-state index is 0.214. The molecular formula is C31H31FN6S. The number of allylic oxidation sites excluding steroid dienone is 3. The summed E-state index contributed by atoms with van der Waals surface area (Å²) >= 11 is 1.12. The van der Waals surface area contributed by atoms with E-state index in [0.29, 0.717) is 0 Å². The molecule has 0 bridgehead atoms. The Balaban J connectivity index is 1.30. The third-order valence-electron chi connectivity index (χ3n) is 7.53. The SMILES string of the molecule is C=C/C(=C\C(=C/C)c1cc2c(-c3cc4c(-c5ccc(F)s5)cncc4[nH]3)n[nH]c2cn1)CNCC1CCCC1. The number of nitrogens with one attached hydrogen (secondary N) is 3. The zero-order valence-electron chi connectivity index (χ0n) is 21.9. The summed E-state index contributed by atoms with van der Waals surface area (Å²) in [6.45, 7) is 7.91. The Morgan fingerprint density at radius 1 is 1.15 bits per heavy atom. The first kappa shape index (κ1) is 25.4. The van der Waals surface area contributed by atoms with E-state index in [1.165, 1.54) is 31.7 Å². The second-order valence-electron chi connectivity index (χ2n) is 10.1. The summed E-state index contributed by atoms with van der Waals surface area (Å²) in [7, 11) is 0. The van der Waals surface area contributed by atoms with Crippen LogP contribution < -0.4 is 5.32 Å². The lowest BCUT2D eigenvalue weighted by molar-refractivity contribution is 0.503. The van der Waals surface area contributed by atoms with Crippen LogP contribution in [0.3, 0.4) is 0 Å². The van der Waals surface area contributed by atoms with Crippen LogP contribution in [0.25, 0.3) is 49.2 Å². The number of H-pyrrole nitrogens is 2. The molecule has 5 aromatic heterocycles. The molecular weight excluding hydrogens is 507 g/mol. The van der Waals surface area contributed by atoms with E-state index in [1.807, 2.05) is 19.2 Å². The Morgan fingerprint density at radius 2 is 2.03 bits per heavy atom. The van der Waals surface area contributed by atoms with Crippen molar-refractivity contribution in [2.45, 2.75) is 32.6 Å². The first-order valence-electron chi connectivity index (χ1n) is 13.4. The van der Waals surface area contributed by atoms with Gasteiger partial charge in [-0.3, -0.25) is 15.1 Å². The fourth-order valence-corrected chi connectivity index (χ4v) is 6.19. The molecule has 1 aliphatic rings. The molecule has 0 aliphatic heterocycles. The second-order valence-corrected chi connectivity index (χ2v) is 11.1. The molecule has 0 spiro atoms. The highest BCUT2D eigenvalue weighted by molar-refractivity contribution is 7.14. The molecule has 198 valence electrons. The lowest BCUT2D eigenvalue weighted by atomic mass is 10.0. The topological polar surface area (TPSA) is 82.3 Å². The minimum Gasteiger partial charge on any atom is -0.352 e. The number of halogens is 1. The molecule has 1 aliphatic carbocycles. The Hall–Kier alpha value is -3.88. The molecule has 0 saturated heterocycles. The molecule has 5 aromatic rings. The zero-order chi connectivity index (χ0) is 26.8. The van der Waals surface area contributed by atoms with Crippen molar-refractivity contribution in [2.24, 2.45) is 5.92 Å². The molecule has 1 saturated carbocycles. The van der Waals surface area contributed by atoms with Crippen LogP contribution in [-0.4, -0.2) is 38.2 Å². The predicted molar refractivity (Wildman–Crippen MR) is 159 cm³/mol. The summed E-state index contributed by atoms with van der Waals surface area (Å²) in [5, 5.41) is 13.1. The highest BCUT2D eigenvalue weighted by Gasteiger charge is 2.17. The van der Waals surface area contributed by atoms with Gasteiger partial charge in [0.25, 0.3) is 0 Å². The Labute approximate surface area is 230 Å². The number of hydrogen-bond donors (Lipinski definition) is 3. The van der Waals surface area contributed by atoms with E-state index in [0.717, 1.165) is 90.8 Å². The monoisotopic (exact) mass is 538 g/mol. The van der Waals surface area contributed by atoms with Gasteiger partial charge in [-0.2, -0.15) is 9.49 Å². The molecule has 0 unspecified atom stereocenters. The molecule has 1 fully saturated rings. The van der Waals surface area contributed by atoms with E-state index >= 15 is 0 Å². The van der Waals surface area contributed by atoms with Gasteiger partial charge in [0.15, 0.2) is 5.13 Å². The molecule has 8 heteroatoms. The van der Waals surface area contributed by atoms with Gasteiger partial charge < -0.3 is 10.3 Å². The average Bonchev–Trinajstić information content (AvgIpc) is 3.76. The van der Waals surface area contributed by atoms with Crippen LogP contribution in [0, 0.1) is 11.0 Å². The number of pyridine rings is 2. The summed E-state index contributed by atoms with van der Waals surface area (Å²) in [5.74, 6) is 0.795. The normalized spacial score (nSPS) is 15.1. The van der Waals surface area contributed by atoms with Crippen LogP contribution >= 0.6 is 11.3 Å². The van der Waals surface area contributed by atoms with Gasteiger partial charge >= 0.3 is 0 Å². The number of aromatic amines is 2. The zero-order valence-corrected chi connectivity index (χ0v) is 22.7. The molecule has 6 rings (SSSR count). The number of aromatic nitrogens is 5. The van der Waals surface area contributed by atoms with E-state index in [4.69, 9.17) is 4.98 Å². The third-order valence-corrected chi connectivity index (χ3v) is 8.44. The Kier molecular flexibility index (Phi) is 7.22. The van der Waals surface area contributed by atoms with Gasteiger partial charge in [0.2, 0.25) is 0 Å². The van der Waals surface area contributed by atoms with Crippen molar-refractivity contribution in [3.05, 3.63) is 84.1 Å². The van der Waals surface area contributed by atoms with Gasteiger partial charge in [-0.1, -0.05) is 31.6 Å². The fourth-order valence-electron chi connectivity index (χ4n) is 5.44. The first-order chi connectivity index (χ1) is 19.1. The molecule has 0 atom stereocenters. The molecule has 0 aromatic carbocycles. The average molecular weight is 539 g/mol. The van der Waals surface area contributed by atoms with Crippen molar-refractivity contribution in [3.8, 4) is 21.8 Å². The van der Waals surface area contributed by atoms with Crippen molar-refractivity contribution in [1.82, 2.24) is 30.5 Å². The van der Waals surface area contributed by atoms with Crippen molar-refractivity contribution in [3.63, 3.8) is 0 Å². The number of thiophene rings is 1.